The van der Waals surface area contributed by atoms with Crippen LogP contribution in [0.15, 0.2) is 66.7 Å². The van der Waals surface area contributed by atoms with Crippen LogP contribution in [-0.4, -0.2) is 76.3 Å². The number of piperazine rings is 1. The SMILES string of the molecule is CCN(CC)CCNC(=O)c1cc(NC(=O)Nc2ccccc2C(F)(F)F)ccc1N1CCN(c2ccccc2OC)CC1. The second kappa shape index (κ2) is 14.8. The van der Waals surface area contributed by atoms with Crippen LogP contribution >= 0.6 is 0 Å². The number of hydrogen-bond donors (Lipinski definition) is 3. The Hall–Kier alpha value is -4.45. The molecule has 1 saturated heterocycles. The number of nitrogens with one attached hydrogen (secondary N) is 3. The van der Waals surface area contributed by atoms with E-state index in [-0.39, 0.29) is 17.3 Å². The molecule has 1 aliphatic rings. The Balaban J connectivity index is 1.52. The fourth-order valence-corrected chi connectivity index (χ4v) is 5.24. The maximum absolute atomic E-state index is 13.5. The highest BCUT2D eigenvalue weighted by atomic mass is 19.4. The number of carbonyl (C=O) groups excluding carboxylic acids is 2. The number of rotatable bonds is 11. The van der Waals surface area contributed by atoms with Gasteiger partial charge < -0.3 is 35.4 Å². The summed E-state index contributed by atoms with van der Waals surface area (Å²) < 4.78 is 45.8. The number of hydrogen-bond acceptors (Lipinski definition) is 6. The summed E-state index contributed by atoms with van der Waals surface area (Å²) in [6.45, 7) is 9.63. The number of benzene rings is 3. The quantitative estimate of drug-likeness (QED) is 0.255. The predicted octanol–water partition coefficient (Wildman–Crippen LogP) is 5.76. The summed E-state index contributed by atoms with van der Waals surface area (Å²) in [4.78, 5) is 32.8. The molecule has 0 spiro atoms. The van der Waals surface area contributed by atoms with Crippen molar-refractivity contribution in [3.05, 3.63) is 77.9 Å². The Morgan fingerprint density at radius 1 is 0.864 bits per heavy atom. The number of urea groups is 1. The lowest BCUT2D eigenvalue weighted by atomic mass is 10.1. The largest absolute Gasteiger partial charge is 0.495 e. The van der Waals surface area contributed by atoms with Crippen molar-refractivity contribution in [1.29, 1.82) is 0 Å². The summed E-state index contributed by atoms with van der Waals surface area (Å²) in [5.74, 6) is 0.492. The van der Waals surface area contributed by atoms with Gasteiger partial charge in [0.15, 0.2) is 0 Å². The molecule has 3 N–H and O–H groups in total. The molecule has 44 heavy (non-hydrogen) atoms. The molecular formula is C32H39F3N6O3. The van der Waals surface area contributed by atoms with Crippen LogP contribution in [0.25, 0.3) is 0 Å². The molecule has 0 aliphatic carbocycles. The van der Waals surface area contributed by atoms with Gasteiger partial charge in [-0.15, -0.1) is 0 Å². The Morgan fingerprint density at radius 3 is 2.16 bits per heavy atom. The molecule has 9 nitrogen and oxygen atoms in total. The molecule has 3 amide bonds. The summed E-state index contributed by atoms with van der Waals surface area (Å²) in [6, 6.07) is 16.7. The van der Waals surface area contributed by atoms with E-state index >= 15 is 0 Å². The van der Waals surface area contributed by atoms with Crippen molar-refractivity contribution in [2.45, 2.75) is 20.0 Å². The van der Waals surface area contributed by atoms with Crippen LogP contribution in [0.1, 0.15) is 29.8 Å². The van der Waals surface area contributed by atoms with E-state index in [9.17, 15) is 22.8 Å². The number of amides is 3. The molecule has 3 aromatic carbocycles. The molecule has 12 heteroatoms. The number of carbonyl (C=O) groups is 2. The third-order valence-electron chi connectivity index (χ3n) is 7.63. The highest BCUT2D eigenvalue weighted by molar-refractivity contribution is 6.04. The molecular weight excluding hydrogens is 573 g/mol. The molecule has 0 atom stereocenters. The van der Waals surface area contributed by atoms with Crippen molar-refractivity contribution in [3.8, 4) is 5.75 Å². The van der Waals surface area contributed by atoms with Crippen LogP contribution in [0.4, 0.5) is 40.7 Å². The first-order chi connectivity index (χ1) is 21.1. The zero-order valence-corrected chi connectivity index (χ0v) is 25.2. The van der Waals surface area contributed by atoms with Gasteiger partial charge in [0.25, 0.3) is 5.91 Å². The molecule has 0 aromatic heterocycles. The van der Waals surface area contributed by atoms with Crippen molar-refractivity contribution in [3.63, 3.8) is 0 Å². The van der Waals surface area contributed by atoms with Gasteiger partial charge in [-0.3, -0.25) is 4.79 Å². The van der Waals surface area contributed by atoms with Gasteiger partial charge in [0.05, 0.1) is 29.6 Å². The molecule has 1 aliphatic heterocycles. The Kier molecular flexibility index (Phi) is 10.9. The van der Waals surface area contributed by atoms with Gasteiger partial charge in [0.2, 0.25) is 0 Å². The van der Waals surface area contributed by atoms with Crippen molar-refractivity contribution < 1.29 is 27.5 Å². The van der Waals surface area contributed by atoms with E-state index in [4.69, 9.17) is 4.74 Å². The molecule has 1 fully saturated rings. The topological polar surface area (TPSA) is 89.2 Å². The number of alkyl halides is 3. The van der Waals surface area contributed by atoms with Gasteiger partial charge >= 0.3 is 12.2 Å². The zero-order valence-electron chi connectivity index (χ0n) is 25.2. The van der Waals surface area contributed by atoms with E-state index < -0.39 is 17.8 Å². The molecule has 0 bridgehead atoms. The van der Waals surface area contributed by atoms with Crippen LogP contribution in [-0.2, 0) is 6.18 Å². The molecule has 3 aromatic rings. The van der Waals surface area contributed by atoms with E-state index in [0.29, 0.717) is 50.5 Å². The summed E-state index contributed by atoms with van der Waals surface area (Å²) in [5.41, 5.74) is 1.03. The minimum Gasteiger partial charge on any atom is -0.495 e. The van der Waals surface area contributed by atoms with Crippen molar-refractivity contribution in [2.24, 2.45) is 0 Å². The monoisotopic (exact) mass is 612 g/mol. The van der Waals surface area contributed by atoms with Crippen LogP contribution in [0.5, 0.6) is 5.75 Å². The Labute approximate surface area is 256 Å². The summed E-state index contributed by atoms with van der Waals surface area (Å²) in [6.07, 6.45) is -4.63. The van der Waals surface area contributed by atoms with Crippen LogP contribution in [0, 0.1) is 0 Å². The number of para-hydroxylation sites is 3. The zero-order chi connectivity index (χ0) is 31.7. The lowest BCUT2D eigenvalue weighted by Gasteiger charge is -2.38. The fourth-order valence-electron chi connectivity index (χ4n) is 5.24. The van der Waals surface area contributed by atoms with Gasteiger partial charge in [0, 0.05) is 50.6 Å². The average Bonchev–Trinajstić information content (AvgIpc) is 3.02. The van der Waals surface area contributed by atoms with Crippen molar-refractivity contribution in [2.75, 3.05) is 79.9 Å². The number of likely N-dealkylation sites (N-methyl/N-ethyl adjacent to an activating group) is 1. The van der Waals surface area contributed by atoms with E-state index in [1.165, 1.54) is 18.2 Å². The maximum Gasteiger partial charge on any atom is 0.418 e. The Bertz CT molecular complexity index is 1420. The highest BCUT2D eigenvalue weighted by Crippen LogP contribution is 2.35. The standard InChI is InChI=1S/C32H39F3N6O3/c1-4-39(5-2)17-16-36-30(42)24-22-23(37-31(43)38-26-11-7-6-10-25(26)32(33,34)35)14-15-27(24)40-18-20-41(21-19-40)28-12-8-9-13-29(28)44-3/h6-15,22H,4-5,16-21H2,1-3H3,(H,36,42)(H2,37,38,43). The predicted molar refractivity (Wildman–Crippen MR) is 168 cm³/mol. The molecule has 0 saturated carbocycles. The van der Waals surface area contributed by atoms with E-state index in [0.717, 1.165) is 30.6 Å². The van der Waals surface area contributed by atoms with Gasteiger partial charge in [-0.1, -0.05) is 38.1 Å². The van der Waals surface area contributed by atoms with Gasteiger partial charge in [-0.2, -0.15) is 13.2 Å². The molecule has 0 radical (unpaired) electrons. The van der Waals surface area contributed by atoms with E-state index in [1.54, 1.807) is 25.3 Å². The minimum atomic E-state index is -4.63. The van der Waals surface area contributed by atoms with Crippen LogP contribution < -0.4 is 30.5 Å². The third-order valence-corrected chi connectivity index (χ3v) is 7.63. The normalized spacial score (nSPS) is 13.5. The number of nitrogens with zero attached hydrogens (tertiary/aromatic N) is 3. The number of methoxy groups -OCH3 is 1. The van der Waals surface area contributed by atoms with Gasteiger partial charge in [0.1, 0.15) is 5.75 Å². The second-order valence-corrected chi connectivity index (χ2v) is 10.3. The Morgan fingerprint density at radius 2 is 1.50 bits per heavy atom. The first kappa shape index (κ1) is 32.5. The fraction of sp³-hybridized carbons (Fsp3) is 0.375. The van der Waals surface area contributed by atoms with Crippen LogP contribution in [0.3, 0.4) is 0 Å². The lowest BCUT2D eigenvalue weighted by Crippen LogP contribution is -2.47. The van der Waals surface area contributed by atoms with Gasteiger partial charge in [-0.25, -0.2) is 4.79 Å². The van der Waals surface area contributed by atoms with Crippen LogP contribution in [0.2, 0.25) is 0 Å². The molecule has 236 valence electrons. The number of ether oxygens (including phenoxy) is 1. The smallest absolute Gasteiger partial charge is 0.418 e. The second-order valence-electron chi connectivity index (χ2n) is 10.3. The average molecular weight is 613 g/mol. The lowest BCUT2D eigenvalue weighted by molar-refractivity contribution is -0.136. The van der Waals surface area contributed by atoms with Crippen molar-refractivity contribution >= 4 is 34.7 Å². The minimum absolute atomic E-state index is 0.275. The number of halogens is 3. The van der Waals surface area contributed by atoms with E-state index in [2.05, 4.69) is 44.5 Å². The first-order valence-corrected chi connectivity index (χ1v) is 14.7. The van der Waals surface area contributed by atoms with E-state index in [1.807, 2.05) is 24.3 Å². The van der Waals surface area contributed by atoms with Gasteiger partial charge in [-0.05, 0) is 55.6 Å². The number of anilines is 4. The summed E-state index contributed by atoms with van der Waals surface area (Å²) in [7, 11) is 1.64. The maximum atomic E-state index is 13.5. The molecule has 4 rings (SSSR count). The van der Waals surface area contributed by atoms with Crippen molar-refractivity contribution in [1.82, 2.24) is 10.2 Å². The first-order valence-electron chi connectivity index (χ1n) is 14.7. The highest BCUT2D eigenvalue weighted by Gasteiger charge is 2.33. The molecule has 1 heterocycles. The summed E-state index contributed by atoms with van der Waals surface area (Å²) in [5, 5.41) is 7.85. The third kappa shape index (κ3) is 8.13. The molecule has 0 unspecified atom stereocenters. The summed E-state index contributed by atoms with van der Waals surface area (Å²) >= 11 is 0.